The highest BCUT2D eigenvalue weighted by atomic mass is 19.1. The standard InChI is InChI=1S/C26H27FN4O3/c1-4-11-30-23-13-20(27)8-7-19(23)12-24(30)26(34)28-21-9-5-18(6-10-21)15-31-17(3)22(14-25(32)33)16(2)29-31/h5-10,12-13H,4,11,14-15H2,1-3H3,(H,28,34)(H,32,33). The lowest BCUT2D eigenvalue weighted by Crippen LogP contribution is -2.17. The molecule has 7 nitrogen and oxygen atoms in total. The van der Waals surface area contributed by atoms with Gasteiger partial charge in [0.2, 0.25) is 0 Å². The third-order valence-electron chi connectivity index (χ3n) is 5.95. The van der Waals surface area contributed by atoms with Crippen molar-refractivity contribution < 1.29 is 19.1 Å². The van der Waals surface area contributed by atoms with Crippen LogP contribution >= 0.6 is 0 Å². The number of hydrogen-bond donors (Lipinski definition) is 2. The molecule has 8 heteroatoms. The molecule has 2 heterocycles. The average Bonchev–Trinajstić information content (AvgIpc) is 3.27. The molecule has 0 saturated heterocycles. The number of hydrogen-bond acceptors (Lipinski definition) is 3. The molecule has 0 aliphatic rings. The van der Waals surface area contributed by atoms with Gasteiger partial charge in [-0.1, -0.05) is 19.1 Å². The fraction of sp³-hybridized carbons (Fsp3) is 0.269. The number of aliphatic carboxylic acids is 1. The molecule has 0 fully saturated rings. The van der Waals surface area contributed by atoms with Gasteiger partial charge in [-0.15, -0.1) is 0 Å². The van der Waals surface area contributed by atoms with Gasteiger partial charge in [0.25, 0.3) is 5.91 Å². The van der Waals surface area contributed by atoms with Gasteiger partial charge in [-0.05, 0) is 62.2 Å². The minimum absolute atomic E-state index is 0.0515. The van der Waals surface area contributed by atoms with Gasteiger partial charge in [-0.2, -0.15) is 5.10 Å². The van der Waals surface area contributed by atoms with Gasteiger partial charge in [0.1, 0.15) is 11.5 Å². The first-order valence-electron chi connectivity index (χ1n) is 11.2. The number of amides is 1. The van der Waals surface area contributed by atoms with E-state index in [4.69, 9.17) is 5.11 Å². The number of aromatic nitrogens is 3. The molecule has 176 valence electrons. The number of halogens is 1. The lowest BCUT2D eigenvalue weighted by atomic mass is 10.1. The molecule has 0 unspecified atom stereocenters. The number of nitrogens with one attached hydrogen (secondary N) is 1. The second-order valence-electron chi connectivity index (χ2n) is 8.41. The Bertz CT molecular complexity index is 1370. The Kier molecular flexibility index (Phi) is 6.49. The van der Waals surface area contributed by atoms with Crippen LogP contribution in [0.15, 0.2) is 48.5 Å². The summed E-state index contributed by atoms with van der Waals surface area (Å²) in [5.41, 5.74) is 5.09. The van der Waals surface area contributed by atoms with Crippen LogP contribution in [0.25, 0.3) is 10.9 Å². The predicted octanol–water partition coefficient (Wildman–Crippen LogP) is 4.93. The zero-order valence-corrected chi connectivity index (χ0v) is 19.4. The predicted molar refractivity (Wildman–Crippen MR) is 129 cm³/mol. The Morgan fingerprint density at radius 2 is 1.82 bits per heavy atom. The van der Waals surface area contributed by atoms with E-state index in [2.05, 4.69) is 10.4 Å². The Labute approximate surface area is 196 Å². The Morgan fingerprint density at radius 1 is 1.09 bits per heavy atom. The average molecular weight is 463 g/mol. The third kappa shape index (κ3) is 4.71. The molecule has 0 atom stereocenters. The number of carbonyl (C=O) groups excluding carboxylic acids is 1. The molecule has 4 aromatic rings. The van der Waals surface area contributed by atoms with E-state index >= 15 is 0 Å². The van der Waals surface area contributed by atoms with Gasteiger partial charge >= 0.3 is 5.97 Å². The molecule has 0 radical (unpaired) electrons. The number of carbonyl (C=O) groups is 2. The van der Waals surface area contributed by atoms with Crippen molar-refractivity contribution in [2.75, 3.05) is 5.32 Å². The van der Waals surface area contributed by atoms with E-state index in [0.717, 1.165) is 28.6 Å². The van der Waals surface area contributed by atoms with E-state index < -0.39 is 5.97 Å². The summed E-state index contributed by atoms with van der Waals surface area (Å²) in [6.07, 6.45) is 0.764. The van der Waals surface area contributed by atoms with Crippen molar-refractivity contribution in [2.24, 2.45) is 0 Å². The van der Waals surface area contributed by atoms with E-state index in [1.165, 1.54) is 12.1 Å². The molecule has 0 spiro atoms. The van der Waals surface area contributed by atoms with Crippen LogP contribution in [0.1, 0.15) is 46.3 Å². The molecule has 2 N–H and O–H groups in total. The Morgan fingerprint density at radius 3 is 2.50 bits per heavy atom. The number of rotatable bonds is 8. The molecule has 0 aliphatic carbocycles. The summed E-state index contributed by atoms with van der Waals surface area (Å²) in [7, 11) is 0. The summed E-state index contributed by atoms with van der Waals surface area (Å²) in [6.45, 7) is 6.80. The molecule has 0 bridgehead atoms. The molecule has 0 aliphatic heterocycles. The van der Waals surface area contributed by atoms with Gasteiger partial charge in [0.15, 0.2) is 0 Å². The molecule has 4 rings (SSSR count). The summed E-state index contributed by atoms with van der Waals surface area (Å²) >= 11 is 0. The molecule has 2 aromatic heterocycles. The quantitative estimate of drug-likeness (QED) is 0.389. The zero-order chi connectivity index (χ0) is 24.4. The van der Waals surface area contributed by atoms with Crippen LogP contribution in [-0.2, 0) is 24.3 Å². The van der Waals surface area contributed by atoms with E-state index in [0.29, 0.717) is 35.7 Å². The lowest BCUT2D eigenvalue weighted by Gasteiger charge is -2.11. The normalized spacial score (nSPS) is 11.2. The van der Waals surface area contributed by atoms with Gasteiger partial charge in [0, 0.05) is 28.9 Å². The summed E-state index contributed by atoms with van der Waals surface area (Å²) in [6, 6.07) is 13.8. The van der Waals surface area contributed by atoms with Crippen LogP contribution in [-0.4, -0.2) is 31.3 Å². The van der Waals surface area contributed by atoms with Crippen molar-refractivity contribution >= 4 is 28.5 Å². The summed E-state index contributed by atoms with van der Waals surface area (Å²) < 4.78 is 17.4. The molecule has 1 amide bonds. The maximum Gasteiger partial charge on any atom is 0.307 e. The maximum absolute atomic E-state index is 13.8. The van der Waals surface area contributed by atoms with Crippen LogP contribution in [0, 0.1) is 19.7 Å². The third-order valence-corrected chi connectivity index (χ3v) is 5.95. The van der Waals surface area contributed by atoms with Crippen molar-refractivity contribution in [3.63, 3.8) is 0 Å². The van der Waals surface area contributed by atoms with Gasteiger partial charge < -0.3 is 15.0 Å². The van der Waals surface area contributed by atoms with Crippen LogP contribution in [0.3, 0.4) is 0 Å². The fourth-order valence-corrected chi connectivity index (χ4v) is 4.24. The van der Waals surface area contributed by atoms with Gasteiger partial charge in [-0.25, -0.2) is 4.39 Å². The number of aryl methyl sites for hydroxylation is 2. The zero-order valence-electron chi connectivity index (χ0n) is 19.4. The van der Waals surface area contributed by atoms with Crippen LogP contribution < -0.4 is 5.32 Å². The van der Waals surface area contributed by atoms with Crippen LogP contribution in [0.5, 0.6) is 0 Å². The minimum Gasteiger partial charge on any atom is -0.481 e. The monoisotopic (exact) mass is 462 g/mol. The van der Waals surface area contributed by atoms with Crippen molar-refractivity contribution in [2.45, 2.75) is 46.7 Å². The first kappa shape index (κ1) is 23.2. The van der Waals surface area contributed by atoms with Gasteiger partial charge in [0.05, 0.1) is 24.2 Å². The number of benzene rings is 2. The minimum atomic E-state index is -0.881. The van der Waals surface area contributed by atoms with E-state index in [9.17, 15) is 14.0 Å². The molecular formula is C26H27FN4O3. The van der Waals surface area contributed by atoms with E-state index in [1.807, 2.05) is 49.6 Å². The Hall–Kier alpha value is -3.94. The van der Waals surface area contributed by atoms with Crippen molar-refractivity contribution in [1.29, 1.82) is 0 Å². The summed E-state index contributed by atoms with van der Waals surface area (Å²) in [5, 5.41) is 17.3. The molecule has 0 saturated carbocycles. The number of carboxylic acids is 1. The first-order chi connectivity index (χ1) is 16.3. The van der Waals surface area contributed by atoms with Crippen LogP contribution in [0.2, 0.25) is 0 Å². The van der Waals surface area contributed by atoms with Crippen molar-refractivity contribution in [3.05, 3.63) is 82.6 Å². The Balaban J connectivity index is 1.51. The number of fused-ring (bicyclic) bond motifs is 1. The molecule has 2 aromatic carbocycles. The number of anilines is 1. The number of nitrogens with zero attached hydrogens (tertiary/aromatic N) is 3. The maximum atomic E-state index is 13.8. The van der Waals surface area contributed by atoms with Gasteiger partial charge in [-0.3, -0.25) is 14.3 Å². The summed E-state index contributed by atoms with van der Waals surface area (Å²) in [5.74, 6) is -1.47. The summed E-state index contributed by atoms with van der Waals surface area (Å²) in [4.78, 5) is 24.1. The lowest BCUT2D eigenvalue weighted by molar-refractivity contribution is -0.136. The second kappa shape index (κ2) is 9.51. The highest BCUT2D eigenvalue weighted by Gasteiger charge is 2.17. The smallest absolute Gasteiger partial charge is 0.307 e. The molecule has 34 heavy (non-hydrogen) atoms. The van der Waals surface area contributed by atoms with Crippen LogP contribution in [0.4, 0.5) is 10.1 Å². The SMILES string of the molecule is CCCn1c(C(=O)Nc2ccc(Cn3nc(C)c(CC(=O)O)c3C)cc2)cc2ccc(F)cc21. The largest absolute Gasteiger partial charge is 0.481 e. The molecular weight excluding hydrogens is 435 g/mol. The second-order valence-corrected chi connectivity index (χ2v) is 8.41. The van der Waals surface area contributed by atoms with Crippen molar-refractivity contribution in [3.8, 4) is 0 Å². The number of carboxylic acid groups (broad SMARTS) is 1. The highest BCUT2D eigenvalue weighted by Crippen LogP contribution is 2.23. The highest BCUT2D eigenvalue weighted by molar-refractivity contribution is 6.06. The van der Waals surface area contributed by atoms with E-state index in [-0.39, 0.29) is 18.1 Å². The van der Waals surface area contributed by atoms with E-state index in [1.54, 1.807) is 16.8 Å². The topological polar surface area (TPSA) is 89.2 Å². The first-order valence-corrected chi connectivity index (χ1v) is 11.2. The fourth-order valence-electron chi connectivity index (χ4n) is 4.24. The van der Waals surface area contributed by atoms with Crippen molar-refractivity contribution in [1.82, 2.24) is 14.3 Å².